The van der Waals surface area contributed by atoms with Crippen LogP contribution in [-0.4, -0.2) is 34.0 Å². The molecule has 0 radical (unpaired) electrons. The van der Waals surface area contributed by atoms with Crippen molar-refractivity contribution >= 4 is 11.9 Å². The van der Waals surface area contributed by atoms with Gasteiger partial charge < -0.3 is 10.6 Å². The second-order valence-electron chi connectivity index (χ2n) is 3.84. The van der Waals surface area contributed by atoms with Gasteiger partial charge in [0.25, 0.3) is 0 Å². The number of rotatable bonds is 3. The van der Waals surface area contributed by atoms with Gasteiger partial charge in [-0.3, -0.25) is 4.98 Å². The molecule has 0 bridgehead atoms. The molecule has 2 rings (SSSR count). The molecule has 0 amide bonds. The quantitative estimate of drug-likeness (QED) is 0.827. The monoisotopic (exact) mass is 230 g/mol. The zero-order valence-electron chi connectivity index (χ0n) is 9.83. The van der Waals surface area contributed by atoms with Crippen LogP contribution in [0.2, 0.25) is 0 Å². The fourth-order valence-corrected chi connectivity index (χ4v) is 1.39. The van der Waals surface area contributed by atoms with E-state index in [1.54, 1.807) is 17.3 Å². The first-order valence-electron chi connectivity index (χ1n) is 5.22. The minimum absolute atomic E-state index is 0.239. The maximum Gasteiger partial charge on any atom is 0.229 e. The van der Waals surface area contributed by atoms with Crippen LogP contribution in [0.4, 0.5) is 11.9 Å². The van der Waals surface area contributed by atoms with Crippen LogP contribution in [0.15, 0.2) is 24.5 Å². The normalized spacial score (nSPS) is 10.2. The summed E-state index contributed by atoms with van der Waals surface area (Å²) in [6, 6.07) is 3.86. The second kappa shape index (κ2) is 4.73. The SMILES string of the molecule is CN(C)c1nc(N)nc(Cc2cccnc2)n1. The van der Waals surface area contributed by atoms with Crippen molar-refractivity contribution in [2.45, 2.75) is 6.42 Å². The lowest BCUT2D eigenvalue weighted by atomic mass is 10.2. The highest BCUT2D eigenvalue weighted by atomic mass is 15.3. The molecular formula is C11H14N6. The van der Waals surface area contributed by atoms with Crippen molar-refractivity contribution in [3.63, 3.8) is 0 Å². The summed E-state index contributed by atoms with van der Waals surface area (Å²) in [5, 5.41) is 0. The van der Waals surface area contributed by atoms with Gasteiger partial charge in [-0.1, -0.05) is 6.07 Å². The van der Waals surface area contributed by atoms with E-state index in [9.17, 15) is 0 Å². The summed E-state index contributed by atoms with van der Waals surface area (Å²) in [5.41, 5.74) is 6.69. The van der Waals surface area contributed by atoms with Crippen LogP contribution < -0.4 is 10.6 Å². The smallest absolute Gasteiger partial charge is 0.229 e. The Morgan fingerprint density at radius 1 is 1.24 bits per heavy atom. The molecule has 0 aliphatic heterocycles. The molecule has 2 N–H and O–H groups in total. The first-order valence-corrected chi connectivity index (χ1v) is 5.22. The largest absolute Gasteiger partial charge is 0.368 e. The summed E-state index contributed by atoms with van der Waals surface area (Å²) in [6.45, 7) is 0. The van der Waals surface area contributed by atoms with E-state index in [2.05, 4.69) is 19.9 Å². The van der Waals surface area contributed by atoms with Gasteiger partial charge in [-0.2, -0.15) is 15.0 Å². The van der Waals surface area contributed by atoms with Gasteiger partial charge in [0.15, 0.2) is 0 Å². The molecule has 88 valence electrons. The molecule has 17 heavy (non-hydrogen) atoms. The number of hydrogen-bond acceptors (Lipinski definition) is 6. The number of hydrogen-bond donors (Lipinski definition) is 1. The zero-order chi connectivity index (χ0) is 12.3. The lowest BCUT2D eigenvalue weighted by molar-refractivity contribution is 0.889. The summed E-state index contributed by atoms with van der Waals surface area (Å²) in [4.78, 5) is 18.3. The van der Waals surface area contributed by atoms with Crippen LogP contribution in [0.3, 0.4) is 0 Å². The standard InChI is InChI=1S/C11H14N6/c1-17(2)11-15-9(14-10(12)16-11)6-8-4-3-5-13-7-8/h3-5,7H,6H2,1-2H3,(H2,12,14,15,16). The van der Waals surface area contributed by atoms with Crippen molar-refractivity contribution in [3.05, 3.63) is 35.9 Å². The van der Waals surface area contributed by atoms with Crippen molar-refractivity contribution in [2.75, 3.05) is 24.7 Å². The lowest BCUT2D eigenvalue weighted by Gasteiger charge is -2.11. The van der Waals surface area contributed by atoms with E-state index in [4.69, 9.17) is 5.73 Å². The van der Waals surface area contributed by atoms with Gasteiger partial charge in [0.1, 0.15) is 5.82 Å². The first-order chi connectivity index (χ1) is 8.15. The summed E-state index contributed by atoms with van der Waals surface area (Å²) in [6.07, 6.45) is 4.12. The Balaban J connectivity index is 2.27. The maximum absolute atomic E-state index is 5.65. The average molecular weight is 230 g/mol. The highest BCUT2D eigenvalue weighted by molar-refractivity contribution is 5.33. The summed E-state index contributed by atoms with van der Waals surface area (Å²) in [5.74, 6) is 1.45. The van der Waals surface area contributed by atoms with Gasteiger partial charge in [-0.15, -0.1) is 0 Å². The van der Waals surface area contributed by atoms with Gasteiger partial charge in [0, 0.05) is 32.9 Å². The molecule has 0 unspecified atom stereocenters. The van der Waals surface area contributed by atoms with Gasteiger partial charge in [0.05, 0.1) is 0 Å². The molecule has 0 spiro atoms. The van der Waals surface area contributed by atoms with Crippen LogP contribution >= 0.6 is 0 Å². The van der Waals surface area contributed by atoms with E-state index in [0.717, 1.165) is 5.56 Å². The predicted molar refractivity (Wildman–Crippen MR) is 65.6 cm³/mol. The van der Waals surface area contributed by atoms with E-state index < -0.39 is 0 Å². The number of nitrogens with zero attached hydrogens (tertiary/aromatic N) is 5. The van der Waals surface area contributed by atoms with Gasteiger partial charge in [-0.05, 0) is 11.6 Å². The third-order valence-electron chi connectivity index (χ3n) is 2.17. The lowest BCUT2D eigenvalue weighted by Crippen LogP contribution is -2.16. The van der Waals surface area contributed by atoms with Gasteiger partial charge in [-0.25, -0.2) is 0 Å². The molecule has 6 nitrogen and oxygen atoms in total. The minimum Gasteiger partial charge on any atom is -0.368 e. The molecule has 0 saturated heterocycles. The number of aromatic nitrogens is 4. The van der Waals surface area contributed by atoms with E-state index in [0.29, 0.717) is 18.2 Å². The van der Waals surface area contributed by atoms with Crippen molar-refractivity contribution in [3.8, 4) is 0 Å². The second-order valence-corrected chi connectivity index (χ2v) is 3.84. The molecule has 0 aromatic carbocycles. The van der Waals surface area contributed by atoms with E-state index >= 15 is 0 Å². The van der Waals surface area contributed by atoms with Crippen molar-refractivity contribution < 1.29 is 0 Å². The topological polar surface area (TPSA) is 80.8 Å². The van der Waals surface area contributed by atoms with Crippen LogP contribution in [0.5, 0.6) is 0 Å². The molecular weight excluding hydrogens is 216 g/mol. The highest BCUT2D eigenvalue weighted by Gasteiger charge is 2.06. The van der Waals surface area contributed by atoms with E-state index in [-0.39, 0.29) is 5.95 Å². The van der Waals surface area contributed by atoms with Crippen LogP contribution in [-0.2, 0) is 6.42 Å². The molecule has 2 aromatic rings. The average Bonchev–Trinajstić information content (AvgIpc) is 2.29. The van der Waals surface area contributed by atoms with Gasteiger partial charge >= 0.3 is 0 Å². The Bertz CT molecular complexity index is 497. The van der Waals surface area contributed by atoms with Crippen LogP contribution in [0.25, 0.3) is 0 Å². The van der Waals surface area contributed by atoms with E-state index in [1.807, 2.05) is 26.2 Å². The first kappa shape index (κ1) is 11.3. The summed E-state index contributed by atoms with van der Waals surface area (Å²) >= 11 is 0. The summed E-state index contributed by atoms with van der Waals surface area (Å²) < 4.78 is 0. The molecule has 2 heterocycles. The Morgan fingerprint density at radius 3 is 2.71 bits per heavy atom. The number of pyridine rings is 1. The van der Waals surface area contributed by atoms with E-state index in [1.165, 1.54) is 0 Å². The number of anilines is 2. The Kier molecular flexibility index (Phi) is 3.13. The molecule has 6 heteroatoms. The summed E-state index contributed by atoms with van der Waals surface area (Å²) in [7, 11) is 3.73. The molecule has 2 aromatic heterocycles. The molecule has 0 fully saturated rings. The van der Waals surface area contributed by atoms with Crippen LogP contribution in [0, 0.1) is 0 Å². The fourth-order valence-electron chi connectivity index (χ4n) is 1.39. The number of nitrogen functional groups attached to an aromatic ring is 1. The Morgan fingerprint density at radius 2 is 2.06 bits per heavy atom. The van der Waals surface area contributed by atoms with Crippen molar-refractivity contribution in [2.24, 2.45) is 0 Å². The minimum atomic E-state index is 0.239. The fraction of sp³-hybridized carbons (Fsp3) is 0.273. The van der Waals surface area contributed by atoms with Gasteiger partial charge in [0.2, 0.25) is 11.9 Å². The molecule has 0 saturated carbocycles. The van der Waals surface area contributed by atoms with Crippen LogP contribution in [0.1, 0.15) is 11.4 Å². The third-order valence-corrected chi connectivity index (χ3v) is 2.17. The zero-order valence-corrected chi connectivity index (χ0v) is 9.83. The molecule has 0 aliphatic rings. The highest BCUT2D eigenvalue weighted by Crippen LogP contribution is 2.09. The maximum atomic E-state index is 5.65. The van der Waals surface area contributed by atoms with Crippen molar-refractivity contribution in [1.29, 1.82) is 0 Å². The molecule has 0 atom stereocenters. The molecule has 0 aliphatic carbocycles. The predicted octanol–water partition coefficient (Wildman–Crippen LogP) is 0.506. The number of nitrogens with two attached hydrogens (primary N) is 1. The van der Waals surface area contributed by atoms with Crippen molar-refractivity contribution in [1.82, 2.24) is 19.9 Å². The Labute approximate surface area is 99.6 Å². The third kappa shape index (κ3) is 2.87. The Hall–Kier alpha value is -2.24.